The first-order chi connectivity index (χ1) is 9.60. The first-order valence-electron chi connectivity index (χ1n) is 8.03. The fourth-order valence-corrected chi connectivity index (χ4v) is 3.50. The Morgan fingerprint density at radius 3 is 2.60 bits per heavy atom. The molecule has 1 atom stereocenters. The summed E-state index contributed by atoms with van der Waals surface area (Å²) in [6.45, 7) is 6.74. The van der Waals surface area contributed by atoms with Crippen LogP contribution in [0.2, 0.25) is 0 Å². The normalized spacial score (nSPS) is 17.9. The van der Waals surface area contributed by atoms with Crippen molar-refractivity contribution in [3.63, 3.8) is 0 Å². The fourth-order valence-electron chi connectivity index (χ4n) is 3.50. The monoisotopic (exact) mass is 274 g/mol. The van der Waals surface area contributed by atoms with Crippen LogP contribution in [0.15, 0.2) is 18.2 Å². The third-order valence-electron chi connectivity index (χ3n) is 4.70. The van der Waals surface area contributed by atoms with Crippen LogP contribution in [0.25, 0.3) is 0 Å². The Labute approximate surface area is 124 Å². The molecule has 112 valence electrons. The summed E-state index contributed by atoms with van der Waals surface area (Å²) < 4.78 is 0. The average molecular weight is 274 g/mol. The van der Waals surface area contributed by atoms with E-state index >= 15 is 0 Å². The first kappa shape index (κ1) is 15.5. The highest BCUT2D eigenvalue weighted by Crippen LogP contribution is 2.26. The van der Waals surface area contributed by atoms with E-state index in [1.54, 1.807) is 0 Å². The second-order valence-electron chi connectivity index (χ2n) is 6.57. The molecule has 0 aliphatic heterocycles. The lowest BCUT2D eigenvalue weighted by Crippen LogP contribution is -2.34. The van der Waals surface area contributed by atoms with Gasteiger partial charge in [0.25, 0.3) is 0 Å². The summed E-state index contributed by atoms with van der Waals surface area (Å²) in [5, 5.41) is 3.50. The van der Waals surface area contributed by atoms with Crippen LogP contribution in [-0.4, -0.2) is 32.1 Å². The standard InChI is InChI=1S/C18H30N2/c1-14-9-10-15(2)17(11-14)18(19-3)13-20(4)12-16-7-5-6-8-16/h9-11,16,18-19H,5-8,12-13H2,1-4H3. The molecular formula is C18H30N2. The van der Waals surface area contributed by atoms with E-state index in [0.717, 1.165) is 12.5 Å². The molecule has 2 rings (SSSR count). The van der Waals surface area contributed by atoms with Crippen LogP contribution in [0.4, 0.5) is 0 Å². The van der Waals surface area contributed by atoms with Gasteiger partial charge in [0.1, 0.15) is 0 Å². The van der Waals surface area contributed by atoms with Gasteiger partial charge in [0, 0.05) is 19.1 Å². The Morgan fingerprint density at radius 1 is 1.25 bits per heavy atom. The van der Waals surface area contributed by atoms with E-state index in [2.05, 4.69) is 56.4 Å². The second kappa shape index (κ2) is 7.24. The molecule has 1 N–H and O–H groups in total. The number of aryl methyl sites for hydroxylation is 2. The van der Waals surface area contributed by atoms with Crippen LogP contribution >= 0.6 is 0 Å². The van der Waals surface area contributed by atoms with E-state index in [-0.39, 0.29) is 0 Å². The Kier molecular flexibility index (Phi) is 5.62. The van der Waals surface area contributed by atoms with Gasteiger partial charge in [-0.2, -0.15) is 0 Å². The molecule has 20 heavy (non-hydrogen) atoms. The number of hydrogen-bond acceptors (Lipinski definition) is 2. The minimum Gasteiger partial charge on any atom is -0.312 e. The number of rotatable bonds is 6. The largest absolute Gasteiger partial charge is 0.312 e. The summed E-state index contributed by atoms with van der Waals surface area (Å²) in [6.07, 6.45) is 5.73. The lowest BCUT2D eigenvalue weighted by atomic mass is 9.98. The smallest absolute Gasteiger partial charge is 0.0449 e. The van der Waals surface area contributed by atoms with Gasteiger partial charge in [0.2, 0.25) is 0 Å². The van der Waals surface area contributed by atoms with Gasteiger partial charge in [-0.3, -0.25) is 0 Å². The summed E-state index contributed by atoms with van der Waals surface area (Å²) in [5.41, 5.74) is 4.19. The number of nitrogens with zero attached hydrogens (tertiary/aromatic N) is 1. The fraction of sp³-hybridized carbons (Fsp3) is 0.667. The van der Waals surface area contributed by atoms with Crippen molar-refractivity contribution in [2.75, 3.05) is 27.2 Å². The maximum atomic E-state index is 3.50. The lowest BCUT2D eigenvalue weighted by molar-refractivity contribution is 0.253. The SMILES string of the molecule is CNC(CN(C)CC1CCCC1)c1cc(C)ccc1C. The Hall–Kier alpha value is -0.860. The van der Waals surface area contributed by atoms with Gasteiger partial charge in [-0.1, -0.05) is 36.6 Å². The van der Waals surface area contributed by atoms with Gasteiger partial charge in [-0.05, 0) is 57.8 Å². The maximum absolute atomic E-state index is 3.50. The highest BCUT2D eigenvalue weighted by atomic mass is 15.1. The molecule has 1 aliphatic rings. The third-order valence-corrected chi connectivity index (χ3v) is 4.70. The van der Waals surface area contributed by atoms with E-state index in [0.29, 0.717) is 6.04 Å². The van der Waals surface area contributed by atoms with Crippen LogP contribution < -0.4 is 5.32 Å². The molecule has 1 aromatic rings. The molecule has 0 spiro atoms. The van der Waals surface area contributed by atoms with Gasteiger partial charge < -0.3 is 10.2 Å². The molecule has 2 nitrogen and oxygen atoms in total. The summed E-state index contributed by atoms with van der Waals surface area (Å²) in [4.78, 5) is 2.51. The van der Waals surface area contributed by atoms with Gasteiger partial charge in [-0.15, -0.1) is 0 Å². The highest BCUT2D eigenvalue weighted by Gasteiger charge is 2.19. The number of hydrogen-bond donors (Lipinski definition) is 1. The predicted octanol–water partition coefficient (Wildman–Crippen LogP) is 3.69. The van der Waals surface area contributed by atoms with Crippen molar-refractivity contribution >= 4 is 0 Å². The number of benzene rings is 1. The number of nitrogens with one attached hydrogen (secondary N) is 1. The Morgan fingerprint density at radius 2 is 1.95 bits per heavy atom. The molecular weight excluding hydrogens is 244 g/mol. The lowest BCUT2D eigenvalue weighted by Gasteiger charge is -2.27. The molecule has 0 radical (unpaired) electrons. The molecule has 1 unspecified atom stereocenters. The van der Waals surface area contributed by atoms with Crippen molar-refractivity contribution in [1.29, 1.82) is 0 Å². The quantitative estimate of drug-likeness (QED) is 0.851. The van der Waals surface area contributed by atoms with E-state index in [9.17, 15) is 0 Å². The molecule has 2 heteroatoms. The van der Waals surface area contributed by atoms with Crippen LogP contribution in [0.5, 0.6) is 0 Å². The van der Waals surface area contributed by atoms with Crippen LogP contribution in [-0.2, 0) is 0 Å². The molecule has 1 fully saturated rings. The summed E-state index contributed by atoms with van der Waals surface area (Å²) >= 11 is 0. The van der Waals surface area contributed by atoms with Crippen LogP contribution in [0.1, 0.15) is 48.4 Å². The van der Waals surface area contributed by atoms with Crippen molar-refractivity contribution in [1.82, 2.24) is 10.2 Å². The van der Waals surface area contributed by atoms with E-state index in [1.165, 1.54) is 48.9 Å². The van der Waals surface area contributed by atoms with Crippen molar-refractivity contribution in [3.05, 3.63) is 34.9 Å². The molecule has 1 aliphatic carbocycles. The van der Waals surface area contributed by atoms with Crippen molar-refractivity contribution in [2.24, 2.45) is 5.92 Å². The zero-order valence-corrected chi connectivity index (χ0v) is 13.6. The predicted molar refractivity (Wildman–Crippen MR) is 87.2 cm³/mol. The molecule has 0 bridgehead atoms. The number of likely N-dealkylation sites (N-methyl/N-ethyl adjacent to an activating group) is 2. The molecule has 0 heterocycles. The summed E-state index contributed by atoms with van der Waals surface area (Å²) in [6, 6.07) is 7.21. The Balaban J connectivity index is 1.98. The van der Waals surface area contributed by atoms with E-state index < -0.39 is 0 Å². The summed E-state index contributed by atoms with van der Waals surface area (Å²) in [5.74, 6) is 0.927. The average Bonchev–Trinajstić information content (AvgIpc) is 2.92. The van der Waals surface area contributed by atoms with E-state index in [4.69, 9.17) is 0 Å². The molecule has 0 amide bonds. The highest BCUT2D eigenvalue weighted by molar-refractivity contribution is 5.33. The van der Waals surface area contributed by atoms with Crippen LogP contribution in [0.3, 0.4) is 0 Å². The summed E-state index contributed by atoms with van der Waals surface area (Å²) in [7, 11) is 4.35. The minimum absolute atomic E-state index is 0.432. The molecule has 1 aromatic carbocycles. The van der Waals surface area contributed by atoms with Crippen molar-refractivity contribution in [3.8, 4) is 0 Å². The van der Waals surface area contributed by atoms with Crippen molar-refractivity contribution < 1.29 is 0 Å². The van der Waals surface area contributed by atoms with Crippen LogP contribution in [0, 0.1) is 19.8 Å². The third kappa shape index (κ3) is 4.07. The second-order valence-corrected chi connectivity index (χ2v) is 6.57. The van der Waals surface area contributed by atoms with Gasteiger partial charge in [-0.25, -0.2) is 0 Å². The first-order valence-corrected chi connectivity index (χ1v) is 8.03. The molecule has 1 saturated carbocycles. The zero-order chi connectivity index (χ0) is 14.5. The van der Waals surface area contributed by atoms with Crippen molar-refractivity contribution in [2.45, 2.75) is 45.6 Å². The molecule has 0 saturated heterocycles. The molecule has 0 aromatic heterocycles. The topological polar surface area (TPSA) is 15.3 Å². The van der Waals surface area contributed by atoms with Gasteiger partial charge in [0.05, 0.1) is 0 Å². The minimum atomic E-state index is 0.432. The maximum Gasteiger partial charge on any atom is 0.0449 e. The van der Waals surface area contributed by atoms with E-state index in [1.807, 2.05) is 0 Å². The van der Waals surface area contributed by atoms with Gasteiger partial charge in [0.15, 0.2) is 0 Å². The Bertz CT molecular complexity index is 421. The zero-order valence-electron chi connectivity index (χ0n) is 13.6. The van der Waals surface area contributed by atoms with Gasteiger partial charge >= 0.3 is 0 Å².